The lowest BCUT2D eigenvalue weighted by Gasteiger charge is -2.34. The predicted octanol–water partition coefficient (Wildman–Crippen LogP) is 1.23. The van der Waals surface area contributed by atoms with Crippen LogP contribution >= 0.6 is 0 Å². The van der Waals surface area contributed by atoms with Gasteiger partial charge in [-0.25, -0.2) is 4.79 Å². The minimum atomic E-state index is -0.790. The molecule has 0 bridgehead atoms. The maximum absolute atomic E-state index is 11.9. The zero-order valence-electron chi connectivity index (χ0n) is 11.2. The number of ether oxygens (including phenoxy) is 1. The molecular weight excluding hydrogens is 232 g/mol. The molecule has 5 heteroatoms. The second-order valence-corrected chi connectivity index (χ2v) is 4.11. The molecule has 1 heterocycles. The van der Waals surface area contributed by atoms with Crippen LogP contribution in [0.5, 0.6) is 0 Å². The third kappa shape index (κ3) is 2.16. The Hall–Kier alpha value is -2.04. The van der Waals surface area contributed by atoms with Gasteiger partial charge < -0.3 is 10.5 Å². The largest absolute Gasteiger partial charge is 0.450 e. The van der Waals surface area contributed by atoms with Gasteiger partial charge in [0.1, 0.15) is 6.04 Å². The first kappa shape index (κ1) is 11.1. The quantitative estimate of drug-likeness (QED) is 0.856. The smallest absolute Gasteiger partial charge is 0.410 e. The van der Waals surface area contributed by atoms with E-state index in [2.05, 4.69) is 0 Å². The zero-order valence-corrected chi connectivity index (χ0v) is 10.2. The first-order chi connectivity index (χ1) is 9.19. The predicted molar refractivity (Wildman–Crippen MR) is 65.8 cm³/mol. The lowest BCUT2D eigenvalue weighted by molar-refractivity contribution is -0.123. The van der Waals surface area contributed by atoms with Crippen molar-refractivity contribution >= 4 is 12.0 Å². The van der Waals surface area contributed by atoms with Gasteiger partial charge in [-0.1, -0.05) is 24.3 Å². The fourth-order valence-electron chi connectivity index (χ4n) is 2.25. The molecular formula is C13H16N2O3. The number of nitrogens with zero attached hydrogens (tertiary/aromatic N) is 1. The van der Waals surface area contributed by atoms with E-state index in [9.17, 15) is 9.59 Å². The summed E-state index contributed by atoms with van der Waals surface area (Å²) in [6, 6.07) is 6.66. The molecule has 1 aromatic rings. The number of fused-ring (bicyclic) bond motifs is 1. The Balaban J connectivity index is 2.37. The number of carbonyl (C=O) groups excluding carboxylic acids is 2. The van der Waals surface area contributed by atoms with Gasteiger partial charge >= 0.3 is 6.09 Å². The number of amides is 2. The van der Waals surface area contributed by atoms with E-state index >= 15 is 0 Å². The molecule has 0 saturated carbocycles. The minimum Gasteiger partial charge on any atom is -0.450 e. The molecule has 1 aliphatic rings. The van der Waals surface area contributed by atoms with Crippen molar-refractivity contribution in [1.29, 1.82) is 0 Å². The Morgan fingerprint density at radius 1 is 1.56 bits per heavy atom. The summed E-state index contributed by atoms with van der Waals surface area (Å²) in [5, 5.41) is 0. The van der Waals surface area contributed by atoms with Gasteiger partial charge in [-0.2, -0.15) is 0 Å². The maximum atomic E-state index is 11.9. The number of hydrogen-bond acceptors (Lipinski definition) is 3. The summed E-state index contributed by atoms with van der Waals surface area (Å²) in [4.78, 5) is 25.2. The molecule has 1 aromatic carbocycles. The standard InChI is InChI=1S/C13H16N2O3/c1-2-18-13(17)15-8-7-9-5-3-4-6-10(9)11(15)12(14)16/h3-6,11H,2,7-8H2,1H3,(H2,14,16)/i/hD. The van der Waals surface area contributed by atoms with Crippen molar-refractivity contribution in [3.63, 3.8) is 0 Å². The SMILES string of the molecule is [2H]NC(=O)C1c2ccccc2CCN1C(=O)OCC. The third-order valence-electron chi connectivity index (χ3n) is 3.03. The summed E-state index contributed by atoms with van der Waals surface area (Å²) in [5.74, 6) is -0.528. The molecule has 1 atom stereocenters. The molecule has 0 radical (unpaired) electrons. The van der Waals surface area contributed by atoms with E-state index in [1.165, 1.54) is 4.90 Å². The second-order valence-electron chi connectivity index (χ2n) is 4.11. The lowest BCUT2D eigenvalue weighted by Crippen LogP contribution is -2.45. The highest BCUT2D eigenvalue weighted by atomic mass is 16.6. The number of nitrogens with two attached hydrogens (primary N) is 1. The molecule has 1 unspecified atom stereocenters. The molecule has 0 saturated heterocycles. The fourth-order valence-corrected chi connectivity index (χ4v) is 2.25. The molecule has 2 N–H and O–H groups in total. The van der Waals surface area contributed by atoms with Gasteiger partial charge in [0.05, 0.1) is 6.61 Å². The van der Waals surface area contributed by atoms with Crippen molar-refractivity contribution in [2.75, 3.05) is 13.2 Å². The Labute approximate surface area is 107 Å². The van der Waals surface area contributed by atoms with Gasteiger partial charge in [0.2, 0.25) is 5.91 Å². The van der Waals surface area contributed by atoms with Gasteiger partial charge in [-0.15, -0.1) is 0 Å². The average molecular weight is 249 g/mol. The summed E-state index contributed by atoms with van der Waals surface area (Å²) in [7, 11) is 0. The highest BCUT2D eigenvalue weighted by Crippen LogP contribution is 2.29. The number of carbonyl (C=O) groups is 2. The van der Waals surface area contributed by atoms with Gasteiger partial charge in [-0.3, -0.25) is 9.69 Å². The van der Waals surface area contributed by atoms with E-state index in [1.54, 1.807) is 13.0 Å². The fraction of sp³-hybridized carbons (Fsp3) is 0.385. The Morgan fingerprint density at radius 2 is 2.33 bits per heavy atom. The van der Waals surface area contributed by atoms with Crippen LogP contribution in [-0.2, 0) is 16.0 Å². The van der Waals surface area contributed by atoms with E-state index < -0.39 is 18.0 Å². The van der Waals surface area contributed by atoms with E-state index in [-0.39, 0.29) is 6.61 Å². The molecule has 0 spiro atoms. The highest BCUT2D eigenvalue weighted by molar-refractivity contribution is 5.86. The number of primary amides is 1. The number of benzene rings is 1. The van der Waals surface area contributed by atoms with Crippen LogP contribution in [-0.4, -0.2) is 30.1 Å². The highest BCUT2D eigenvalue weighted by Gasteiger charge is 2.35. The summed E-state index contributed by atoms with van der Waals surface area (Å²) >= 11 is 0. The molecule has 2 amide bonds. The van der Waals surface area contributed by atoms with Crippen LogP contribution in [0.3, 0.4) is 0 Å². The average Bonchev–Trinajstić information content (AvgIpc) is 2.45. The topological polar surface area (TPSA) is 72.6 Å². The number of hydrogen-bond donors (Lipinski definition) is 1. The zero-order chi connectivity index (χ0) is 13.8. The summed E-state index contributed by atoms with van der Waals surface area (Å²) in [6.07, 6.45) is 0.155. The van der Waals surface area contributed by atoms with Crippen LogP contribution in [0.25, 0.3) is 0 Å². The normalized spacial score (nSPS) is 18.6. The molecule has 5 nitrogen and oxygen atoms in total. The Bertz CT molecular complexity index is 493. The minimum absolute atomic E-state index is 0.256. The lowest BCUT2D eigenvalue weighted by atomic mass is 9.92. The number of rotatable bonds is 2. The van der Waals surface area contributed by atoms with Crippen LogP contribution in [0.15, 0.2) is 24.3 Å². The van der Waals surface area contributed by atoms with Crippen LogP contribution in [0.2, 0.25) is 1.41 Å². The summed E-state index contributed by atoms with van der Waals surface area (Å²) in [5.41, 5.74) is 3.64. The van der Waals surface area contributed by atoms with E-state index in [1.807, 2.05) is 23.9 Å². The molecule has 0 aromatic heterocycles. The van der Waals surface area contributed by atoms with Gasteiger partial charge in [0.25, 0.3) is 0 Å². The molecule has 0 aliphatic carbocycles. The van der Waals surface area contributed by atoms with Gasteiger partial charge in [0, 0.05) is 6.54 Å². The van der Waals surface area contributed by atoms with Crippen molar-refractivity contribution < 1.29 is 15.7 Å². The monoisotopic (exact) mass is 249 g/mol. The van der Waals surface area contributed by atoms with Gasteiger partial charge in [-0.05, 0) is 24.5 Å². The van der Waals surface area contributed by atoms with Crippen molar-refractivity contribution in [1.82, 2.24) is 4.90 Å². The van der Waals surface area contributed by atoms with Crippen LogP contribution in [0.1, 0.15) is 24.1 Å². The Morgan fingerprint density at radius 3 is 3.06 bits per heavy atom. The van der Waals surface area contributed by atoms with Gasteiger partial charge in [0.15, 0.2) is 1.41 Å². The molecule has 18 heavy (non-hydrogen) atoms. The van der Waals surface area contributed by atoms with Crippen LogP contribution < -0.4 is 5.73 Å². The van der Waals surface area contributed by atoms with Crippen LogP contribution in [0.4, 0.5) is 4.79 Å². The van der Waals surface area contributed by atoms with E-state index in [0.717, 1.165) is 11.1 Å². The van der Waals surface area contributed by atoms with Crippen molar-refractivity contribution in [3.8, 4) is 0 Å². The van der Waals surface area contributed by atoms with Crippen molar-refractivity contribution in [3.05, 3.63) is 35.4 Å². The maximum Gasteiger partial charge on any atom is 0.410 e. The molecule has 2 rings (SSSR count). The molecule has 1 aliphatic heterocycles. The van der Waals surface area contributed by atoms with Crippen LogP contribution in [0, 0.1) is 0 Å². The third-order valence-corrected chi connectivity index (χ3v) is 3.03. The second kappa shape index (κ2) is 5.08. The summed E-state index contributed by atoms with van der Waals surface area (Å²) < 4.78 is 12.0. The van der Waals surface area contributed by atoms with Crippen molar-refractivity contribution in [2.45, 2.75) is 19.4 Å². The molecule has 96 valence electrons. The van der Waals surface area contributed by atoms with E-state index in [4.69, 9.17) is 6.15 Å². The van der Waals surface area contributed by atoms with E-state index in [0.29, 0.717) is 13.0 Å². The van der Waals surface area contributed by atoms with Crippen molar-refractivity contribution in [2.24, 2.45) is 5.73 Å². The Kier molecular flexibility index (Phi) is 3.12. The first-order valence-electron chi connectivity index (χ1n) is 6.41. The molecule has 0 fully saturated rings. The first-order valence-corrected chi connectivity index (χ1v) is 5.91. The summed E-state index contributed by atoms with van der Waals surface area (Å²) in [6.45, 7) is 2.38.